The number of benzene rings is 3. The summed E-state index contributed by atoms with van der Waals surface area (Å²) in [5, 5.41) is 9.05. The highest BCUT2D eigenvalue weighted by Crippen LogP contribution is 2.33. The number of amides is 2. The van der Waals surface area contributed by atoms with Crippen LogP contribution in [0.3, 0.4) is 0 Å². The first kappa shape index (κ1) is 31.3. The van der Waals surface area contributed by atoms with Crippen molar-refractivity contribution in [3.63, 3.8) is 0 Å². The summed E-state index contributed by atoms with van der Waals surface area (Å²) in [4.78, 5) is 29.6. The molecule has 1 atom stereocenters. The van der Waals surface area contributed by atoms with Crippen LogP contribution in [0.4, 0.5) is 13.2 Å². The van der Waals surface area contributed by atoms with E-state index in [0.29, 0.717) is 67.7 Å². The first-order valence-electron chi connectivity index (χ1n) is 14.6. The quantitative estimate of drug-likeness (QED) is 0.149. The Morgan fingerprint density at radius 2 is 1.61 bits per heavy atom. The van der Waals surface area contributed by atoms with Gasteiger partial charge in [0, 0.05) is 49.8 Å². The molecule has 1 saturated heterocycles. The number of hydrogen-bond donors (Lipinski definition) is 0. The van der Waals surface area contributed by atoms with Crippen molar-refractivity contribution in [3.8, 4) is 17.1 Å². The number of thioether (sulfide) groups is 1. The van der Waals surface area contributed by atoms with E-state index in [1.54, 1.807) is 10.6 Å². The number of carbonyl (C=O) groups excluding carboxylic acids is 2. The molecular weight excluding hydrogens is 587 g/mol. The molecule has 44 heavy (non-hydrogen) atoms. The second kappa shape index (κ2) is 14.1. The highest BCUT2D eigenvalue weighted by molar-refractivity contribution is 7.99. The molecule has 11 heteroatoms. The van der Waals surface area contributed by atoms with Crippen LogP contribution in [-0.4, -0.2) is 67.8 Å². The van der Waals surface area contributed by atoms with E-state index in [2.05, 4.69) is 10.2 Å². The maximum absolute atomic E-state index is 13.5. The SMILES string of the molecule is CC1CN(C(=O)CCCSc2nnc(-c3ccccc3)n2-c2cccc(C(F)(F)F)c2)CCN1C(=O)CCc1ccccc1. The van der Waals surface area contributed by atoms with Crippen LogP contribution in [0.1, 0.15) is 37.3 Å². The molecule has 2 amide bonds. The van der Waals surface area contributed by atoms with Crippen molar-refractivity contribution in [1.29, 1.82) is 0 Å². The van der Waals surface area contributed by atoms with Gasteiger partial charge in [0.2, 0.25) is 11.8 Å². The van der Waals surface area contributed by atoms with Gasteiger partial charge in [-0.3, -0.25) is 14.2 Å². The van der Waals surface area contributed by atoms with Crippen molar-refractivity contribution < 1.29 is 22.8 Å². The number of alkyl halides is 3. The Balaban J connectivity index is 1.17. The van der Waals surface area contributed by atoms with Gasteiger partial charge in [-0.15, -0.1) is 10.2 Å². The minimum atomic E-state index is -4.48. The predicted molar refractivity (Wildman–Crippen MR) is 164 cm³/mol. The summed E-state index contributed by atoms with van der Waals surface area (Å²) in [6.45, 7) is 3.48. The lowest BCUT2D eigenvalue weighted by Gasteiger charge is -2.40. The largest absolute Gasteiger partial charge is 0.416 e. The van der Waals surface area contributed by atoms with Gasteiger partial charge in [-0.25, -0.2) is 0 Å². The molecule has 1 aliphatic heterocycles. The summed E-state index contributed by atoms with van der Waals surface area (Å²) in [7, 11) is 0. The molecule has 1 aliphatic rings. The second-order valence-corrected chi connectivity index (χ2v) is 11.8. The molecule has 0 saturated carbocycles. The van der Waals surface area contributed by atoms with E-state index in [9.17, 15) is 22.8 Å². The zero-order chi connectivity index (χ0) is 31.1. The van der Waals surface area contributed by atoms with Gasteiger partial charge in [0.05, 0.1) is 11.3 Å². The Labute approximate surface area is 259 Å². The van der Waals surface area contributed by atoms with Crippen LogP contribution in [0.25, 0.3) is 17.1 Å². The summed E-state index contributed by atoms with van der Waals surface area (Å²) < 4.78 is 42.1. The topological polar surface area (TPSA) is 71.3 Å². The van der Waals surface area contributed by atoms with Gasteiger partial charge in [-0.1, -0.05) is 78.5 Å². The van der Waals surface area contributed by atoms with E-state index in [4.69, 9.17) is 0 Å². The molecule has 7 nitrogen and oxygen atoms in total. The summed E-state index contributed by atoms with van der Waals surface area (Å²) in [6, 6.07) is 24.2. The fourth-order valence-corrected chi connectivity index (χ4v) is 6.22. The molecule has 1 fully saturated rings. The van der Waals surface area contributed by atoms with Crippen LogP contribution in [0.2, 0.25) is 0 Å². The first-order valence-corrected chi connectivity index (χ1v) is 15.6. The molecule has 0 radical (unpaired) electrons. The molecule has 230 valence electrons. The highest BCUT2D eigenvalue weighted by atomic mass is 32.2. The van der Waals surface area contributed by atoms with Gasteiger partial charge >= 0.3 is 6.18 Å². The van der Waals surface area contributed by atoms with Gasteiger partial charge in [0.1, 0.15) is 0 Å². The minimum Gasteiger partial charge on any atom is -0.339 e. The van der Waals surface area contributed by atoms with Gasteiger partial charge < -0.3 is 9.80 Å². The Hall–Kier alpha value is -4.12. The van der Waals surface area contributed by atoms with E-state index >= 15 is 0 Å². The highest BCUT2D eigenvalue weighted by Gasteiger charge is 2.31. The molecule has 1 unspecified atom stereocenters. The lowest BCUT2D eigenvalue weighted by Crippen LogP contribution is -2.55. The average molecular weight is 622 g/mol. The third kappa shape index (κ3) is 7.68. The third-order valence-corrected chi connectivity index (χ3v) is 8.65. The molecular formula is C33H34F3N5O2S. The summed E-state index contributed by atoms with van der Waals surface area (Å²) in [6.07, 6.45) is -2.47. The number of piperazine rings is 1. The zero-order valence-corrected chi connectivity index (χ0v) is 25.2. The minimum absolute atomic E-state index is 0.0261. The molecule has 0 bridgehead atoms. The standard InChI is InChI=1S/C33H34F3N5O2S/c1-24-23-39(19-20-40(24)30(43)18-17-25-10-4-2-5-11-25)29(42)16-9-21-44-32-38-37-31(26-12-6-3-7-13-26)41(32)28-15-8-14-27(22-28)33(34,35)36/h2-8,10-15,22,24H,9,16-21,23H2,1H3. The van der Waals surface area contributed by atoms with Crippen molar-refractivity contribution in [2.75, 3.05) is 25.4 Å². The number of rotatable bonds is 10. The van der Waals surface area contributed by atoms with Crippen molar-refractivity contribution in [3.05, 3.63) is 96.1 Å². The van der Waals surface area contributed by atoms with Gasteiger partial charge in [0.15, 0.2) is 11.0 Å². The van der Waals surface area contributed by atoms with Gasteiger partial charge in [-0.05, 0) is 43.5 Å². The molecule has 2 heterocycles. The molecule has 0 N–H and O–H groups in total. The van der Waals surface area contributed by atoms with Crippen molar-refractivity contribution in [2.24, 2.45) is 0 Å². The predicted octanol–water partition coefficient (Wildman–Crippen LogP) is 6.52. The van der Waals surface area contributed by atoms with Crippen LogP contribution >= 0.6 is 11.8 Å². The fraction of sp³-hybridized carbons (Fsp3) is 0.333. The number of aryl methyl sites for hydroxylation is 1. The van der Waals surface area contributed by atoms with Crippen LogP contribution in [0, 0.1) is 0 Å². The molecule has 4 aromatic rings. The van der Waals surface area contributed by atoms with Gasteiger partial charge in [-0.2, -0.15) is 13.2 Å². The van der Waals surface area contributed by atoms with Crippen LogP contribution in [0.15, 0.2) is 90.1 Å². The number of carbonyl (C=O) groups is 2. The van der Waals surface area contributed by atoms with Crippen LogP contribution in [0.5, 0.6) is 0 Å². The number of halogens is 3. The number of hydrogen-bond acceptors (Lipinski definition) is 5. The molecule has 1 aromatic heterocycles. The Kier molecular flexibility index (Phi) is 10.0. The zero-order valence-electron chi connectivity index (χ0n) is 24.4. The first-order chi connectivity index (χ1) is 21.2. The third-order valence-electron chi connectivity index (χ3n) is 7.63. The molecule has 0 aliphatic carbocycles. The molecule has 3 aromatic carbocycles. The Bertz CT molecular complexity index is 1560. The number of nitrogens with zero attached hydrogens (tertiary/aromatic N) is 5. The van der Waals surface area contributed by atoms with Gasteiger partial charge in [0.25, 0.3) is 0 Å². The van der Waals surface area contributed by atoms with Crippen LogP contribution in [-0.2, 0) is 22.2 Å². The normalized spacial score (nSPS) is 15.4. The summed E-state index contributed by atoms with van der Waals surface area (Å²) >= 11 is 1.35. The van der Waals surface area contributed by atoms with E-state index in [-0.39, 0.29) is 17.9 Å². The van der Waals surface area contributed by atoms with E-state index in [1.807, 2.05) is 77.4 Å². The monoisotopic (exact) mass is 621 g/mol. The Morgan fingerprint density at radius 3 is 2.32 bits per heavy atom. The molecule has 0 spiro atoms. The van der Waals surface area contributed by atoms with Crippen molar-refractivity contribution in [1.82, 2.24) is 24.6 Å². The van der Waals surface area contributed by atoms with E-state index in [1.165, 1.54) is 17.8 Å². The lowest BCUT2D eigenvalue weighted by molar-refractivity contribution is -0.142. The van der Waals surface area contributed by atoms with E-state index in [0.717, 1.165) is 23.3 Å². The fourth-order valence-electron chi connectivity index (χ4n) is 5.33. The Morgan fingerprint density at radius 1 is 0.886 bits per heavy atom. The summed E-state index contributed by atoms with van der Waals surface area (Å²) in [5.41, 5.74) is 1.42. The van der Waals surface area contributed by atoms with Crippen molar-refractivity contribution >= 4 is 23.6 Å². The average Bonchev–Trinajstić information content (AvgIpc) is 3.46. The smallest absolute Gasteiger partial charge is 0.339 e. The molecule has 5 rings (SSSR count). The summed E-state index contributed by atoms with van der Waals surface area (Å²) in [5.74, 6) is 1.10. The van der Waals surface area contributed by atoms with E-state index < -0.39 is 11.7 Å². The second-order valence-electron chi connectivity index (χ2n) is 10.8. The maximum Gasteiger partial charge on any atom is 0.416 e. The van der Waals surface area contributed by atoms with Crippen molar-refractivity contribution in [2.45, 2.75) is 50.0 Å². The lowest BCUT2D eigenvalue weighted by atomic mass is 10.1. The van der Waals surface area contributed by atoms with Crippen LogP contribution < -0.4 is 0 Å². The number of aromatic nitrogens is 3. The maximum atomic E-state index is 13.5.